The quantitative estimate of drug-likeness (QED) is 0.607. The fourth-order valence-corrected chi connectivity index (χ4v) is 1.48. The van der Waals surface area contributed by atoms with Crippen LogP contribution in [0, 0.1) is 0 Å². The lowest BCUT2D eigenvalue weighted by atomic mass is 10.1. The Morgan fingerprint density at radius 3 is 2.87 bits per heavy atom. The van der Waals surface area contributed by atoms with Crippen molar-refractivity contribution in [2.24, 2.45) is 4.99 Å². The smallest absolute Gasteiger partial charge is 0.332 e. The molecular formula is C11H20N2O2. The largest absolute Gasteiger partial charge is 0.340 e. The van der Waals surface area contributed by atoms with Crippen molar-refractivity contribution >= 4 is 12.3 Å². The van der Waals surface area contributed by atoms with Crippen LogP contribution in [-0.4, -0.2) is 30.5 Å². The predicted molar refractivity (Wildman–Crippen MR) is 59.5 cm³/mol. The minimum atomic E-state index is -0.139. The molecule has 86 valence electrons. The fraction of sp³-hybridized carbons (Fsp3) is 0.818. The monoisotopic (exact) mass is 212 g/mol. The van der Waals surface area contributed by atoms with Crippen LogP contribution in [0.5, 0.6) is 0 Å². The summed E-state index contributed by atoms with van der Waals surface area (Å²) in [5.74, 6) is -0.139. The predicted octanol–water partition coefficient (Wildman–Crippen LogP) is 2.15. The third-order valence-electron chi connectivity index (χ3n) is 2.36. The maximum atomic E-state index is 11.3. The third kappa shape index (κ3) is 5.40. The van der Waals surface area contributed by atoms with Crippen LogP contribution in [0.25, 0.3) is 0 Å². The lowest BCUT2D eigenvalue weighted by molar-refractivity contribution is -0.170. The molecule has 0 unspecified atom stereocenters. The summed E-state index contributed by atoms with van der Waals surface area (Å²) in [5.41, 5.74) is 0. The Morgan fingerprint density at radius 1 is 1.40 bits per heavy atom. The zero-order valence-electron chi connectivity index (χ0n) is 9.45. The highest BCUT2D eigenvalue weighted by atomic mass is 16.7. The Balaban J connectivity index is 1.96. The van der Waals surface area contributed by atoms with Crippen LogP contribution in [0.1, 0.15) is 45.4 Å². The molecule has 0 saturated carbocycles. The van der Waals surface area contributed by atoms with Gasteiger partial charge in [0, 0.05) is 6.42 Å². The number of carbonyl (C=O) groups is 1. The van der Waals surface area contributed by atoms with Gasteiger partial charge in [-0.05, 0) is 6.42 Å². The van der Waals surface area contributed by atoms with Gasteiger partial charge < -0.3 is 4.84 Å². The van der Waals surface area contributed by atoms with E-state index in [9.17, 15) is 4.79 Å². The lowest BCUT2D eigenvalue weighted by Gasteiger charge is -2.12. The van der Waals surface area contributed by atoms with E-state index in [1.165, 1.54) is 24.3 Å². The average molecular weight is 212 g/mol. The minimum absolute atomic E-state index is 0.139. The molecule has 0 radical (unpaired) electrons. The maximum Gasteiger partial charge on any atom is 0.332 e. The van der Waals surface area contributed by atoms with Crippen LogP contribution >= 0.6 is 0 Å². The summed E-state index contributed by atoms with van der Waals surface area (Å²) in [5, 5.41) is 1.51. The fourth-order valence-electron chi connectivity index (χ4n) is 1.48. The average Bonchev–Trinajstić information content (AvgIpc) is 2.70. The highest BCUT2D eigenvalue weighted by molar-refractivity contribution is 5.70. The van der Waals surface area contributed by atoms with E-state index in [0.29, 0.717) is 13.0 Å². The molecule has 1 aliphatic rings. The van der Waals surface area contributed by atoms with Gasteiger partial charge >= 0.3 is 5.97 Å². The van der Waals surface area contributed by atoms with Gasteiger partial charge in [-0.1, -0.05) is 32.6 Å². The number of unbranched alkanes of at least 4 members (excludes halogenated alkanes) is 4. The zero-order chi connectivity index (χ0) is 10.9. The van der Waals surface area contributed by atoms with E-state index >= 15 is 0 Å². The van der Waals surface area contributed by atoms with E-state index < -0.39 is 0 Å². The number of nitrogens with zero attached hydrogens (tertiary/aromatic N) is 2. The zero-order valence-corrected chi connectivity index (χ0v) is 9.45. The van der Waals surface area contributed by atoms with Crippen LogP contribution in [-0.2, 0) is 9.63 Å². The number of rotatable bonds is 7. The minimum Gasteiger partial charge on any atom is -0.340 e. The van der Waals surface area contributed by atoms with Crippen molar-refractivity contribution < 1.29 is 9.63 Å². The molecule has 0 bridgehead atoms. The Kier molecular flexibility index (Phi) is 5.81. The molecule has 0 spiro atoms. The Hall–Kier alpha value is -1.06. The third-order valence-corrected chi connectivity index (χ3v) is 2.36. The Morgan fingerprint density at radius 2 is 2.20 bits per heavy atom. The molecule has 0 aromatic heterocycles. The summed E-state index contributed by atoms with van der Waals surface area (Å²) in [7, 11) is 0. The van der Waals surface area contributed by atoms with Crippen LogP contribution in [0.3, 0.4) is 0 Å². The molecule has 0 aromatic rings. The Bertz CT molecular complexity index is 217. The standard InChI is InChI=1S/C11H20N2O2/c1-2-3-4-5-6-7-11(14)15-13-9-8-12-10-13/h10H,2-9H2,1H3. The molecule has 0 saturated heterocycles. The highest BCUT2D eigenvalue weighted by Crippen LogP contribution is 2.06. The van der Waals surface area contributed by atoms with Crippen molar-refractivity contribution in [1.82, 2.24) is 5.06 Å². The summed E-state index contributed by atoms with van der Waals surface area (Å²) >= 11 is 0. The van der Waals surface area contributed by atoms with Crippen molar-refractivity contribution in [2.45, 2.75) is 45.4 Å². The number of aliphatic imine (C=N–C) groups is 1. The van der Waals surface area contributed by atoms with Gasteiger partial charge in [0.1, 0.15) is 6.34 Å². The van der Waals surface area contributed by atoms with E-state index in [4.69, 9.17) is 4.84 Å². The second kappa shape index (κ2) is 7.26. The van der Waals surface area contributed by atoms with Crippen LogP contribution < -0.4 is 0 Å². The molecule has 0 N–H and O–H groups in total. The van der Waals surface area contributed by atoms with Gasteiger partial charge in [0.2, 0.25) is 0 Å². The molecule has 0 aliphatic carbocycles. The summed E-state index contributed by atoms with van der Waals surface area (Å²) in [6.07, 6.45) is 7.86. The normalized spacial score (nSPS) is 14.6. The van der Waals surface area contributed by atoms with Crippen molar-refractivity contribution in [3.8, 4) is 0 Å². The first-order valence-corrected chi connectivity index (χ1v) is 5.80. The maximum absolute atomic E-state index is 11.3. The van der Waals surface area contributed by atoms with Gasteiger partial charge in [-0.25, -0.2) is 4.79 Å². The van der Waals surface area contributed by atoms with E-state index in [2.05, 4.69) is 11.9 Å². The lowest BCUT2D eigenvalue weighted by Crippen LogP contribution is -2.24. The molecule has 0 aromatic carbocycles. The van der Waals surface area contributed by atoms with Gasteiger partial charge in [-0.2, -0.15) is 5.06 Å². The van der Waals surface area contributed by atoms with E-state index in [-0.39, 0.29) is 5.97 Å². The molecule has 15 heavy (non-hydrogen) atoms. The van der Waals surface area contributed by atoms with Gasteiger partial charge in [0.15, 0.2) is 0 Å². The molecular weight excluding hydrogens is 192 g/mol. The van der Waals surface area contributed by atoms with E-state index in [0.717, 1.165) is 19.4 Å². The number of hydroxylamine groups is 2. The number of hydrogen-bond donors (Lipinski definition) is 0. The summed E-state index contributed by atoms with van der Waals surface area (Å²) in [4.78, 5) is 20.3. The molecule has 0 fully saturated rings. The van der Waals surface area contributed by atoms with E-state index in [1.54, 1.807) is 6.34 Å². The molecule has 4 heteroatoms. The summed E-state index contributed by atoms with van der Waals surface area (Å²) in [6, 6.07) is 0. The van der Waals surface area contributed by atoms with Gasteiger partial charge in [-0.3, -0.25) is 4.99 Å². The second-order valence-corrected chi connectivity index (χ2v) is 3.79. The van der Waals surface area contributed by atoms with Crippen molar-refractivity contribution in [1.29, 1.82) is 0 Å². The first kappa shape index (κ1) is 12.0. The summed E-state index contributed by atoms with van der Waals surface area (Å²) < 4.78 is 0. The number of hydrogen-bond acceptors (Lipinski definition) is 4. The second-order valence-electron chi connectivity index (χ2n) is 3.79. The van der Waals surface area contributed by atoms with E-state index in [1.807, 2.05) is 0 Å². The molecule has 0 atom stereocenters. The Labute approximate surface area is 91.3 Å². The van der Waals surface area contributed by atoms with Crippen molar-refractivity contribution in [3.05, 3.63) is 0 Å². The molecule has 4 nitrogen and oxygen atoms in total. The molecule has 1 heterocycles. The van der Waals surface area contributed by atoms with Crippen LogP contribution in [0.4, 0.5) is 0 Å². The molecule has 1 rings (SSSR count). The first-order valence-electron chi connectivity index (χ1n) is 5.80. The molecule has 0 amide bonds. The SMILES string of the molecule is CCCCCCCC(=O)ON1C=NCC1. The van der Waals surface area contributed by atoms with Gasteiger partial charge in [0.25, 0.3) is 0 Å². The van der Waals surface area contributed by atoms with Crippen molar-refractivity contribution in [3.63, 3.8) is 0 Å². The van der Waals surface area contributed by atoms with Crippen LogP contribution in [0.2, 0.25) is 0 Å². The van der Waals surface area contributed by atoms with Gasteiger partial charge in [-0.15, -0.1) is 0 Å². The van der Waals surface area contributed by atoms with Crippen molar-refractivity contribution in [2.75, 3.05) is 13.1 Å². The first-order chi connectivity index (χ1) is 7.33. The molecule has 1 aliphatic heterocycles. The van der Waals surface area contributed by atoms with Crippen LogP contribution in [0.15, 0.2) is 4.99 Å². The summed E-state index contributed by atoms with van der Waals surface area (Å²) in [6.45, 7) is 3.60. The van der Waals surface area contributed by atoms with Gasteiger partial charge in [0.05, 0.1) is 13.1 Å². The number of carbonyl (C=O) groups excluding carboxylic acids is 1. The topological polar surface area (TPSA) is 41.9 Å². The highest BCUT2D eigenvalue weighted by Gasteiger charge is 2.11.